The summed E-state index contributed by atoms with van der Waals surface area (Å²) in [6.45, 7) is 6.26. The second-order valence-corrected chi connectivity index (χ2v) is 6.35. The third-order valence-electron chi connectivity index (χ3n) is 2.39. The van der Waals surface area contributed by atoms with Gasteiger partial charge in [0, 0.05) is 10.9 Å². The Balaban J connectivity index is 2.83. The number of thiophene rings is 1. The van der Waals surface area contributed by atoms with Crippen molar-refractivity contribution < 1.29 is 0 Å². The van der Waals surface area contributed by atoms with Crippen molar-refractivity contribution in [3.05, 3.63) is 20.3 Å². The van der Waals surface area contributed by atoms with Gasteiger partial charge in [-0.05, 0) is 40.4 Å². The first-order chi connectivity index (χ1) is 6.43. The zero-order valence-corrected chi connectivity index (χ0v) is 11.2. The Morgan fingerprint density at radius 2 is 1.93 bits per heavy atom. The van der Waals surface area contributed by atoms with E-state index in [-0.39, 0.29) is 12.1 Å². The SMILES string of the molecule is Cc1cc(C(N)C(N)C(C)C)sc1Br. The van der Waals surface area contributed by atoms with Gasteiger partial charge in [0.15, 0.2) is 0 Å². The molecule has 0 bridgehead atoms. The highest BCUT2D eigenvalue weighted by molar-refractivity contribution is 9.11. The number of hydrogen-bond acceptors (Lipinski definition) is 3. The average Bonchev–Trinajstić information content (AvgIpc) is 2.44. The fraction of sp³-hybridized carbons (Fsp3) is 0.600. The molecule has 1 aromatic rings. The predicted molar refractivity (Wildman–Crippen MR) is 66.5 cm³/mol. The lowest BCUT2D eigenvalue weighted by molar-refractivity contribution is 0.427. The molecule has 0 fully saturated rings. The summed E-state index contributed by atoms with van der Waals surface area (Å²) in [7, 11) is 0. The summed E-state index contributed by atoms with van der Waals surface area (Å²) in [5.41, 5.74) is 13.3. The number of hydrogen-bond donors (Lipinski definition) is 2. The molecular weight excluding hydrogens is 260 g/mol. The van der Waals surface area contributed by atoms with Crippen LogP contribution in [0.2, 0.25) is 0 Å². The summed E-state index contributed by atoms with van der Waals surface area (Å²) in [6.07, 6.45) is 0. The van der Waals surface area contributed by atoms with Gasteiger partial charge in [0.1, 0.15) is 0 Å². The second kappa shape index (κ2) is 4.75. The number of aryl methyl sites for hydroxylation is 1. The Bertz CT molecular complexity index is 290. The number of rotatable bonds is 3. The van der Waals surface area contributed by atoms with E-state index < -0.39 is 0 Å². The van der Waals surface area contributed by atoms with Gasteiger partial charge in [-0.15, -0.1) is 11.3 Å². The molecule has 2 atom stereocenters. The standard InChI is InChI=1S/C10H17BrN2S/c1-5(2)8(12)9(13)7-4-6(3)10(11)14-7/h4-5,8-9H,12-13H2,1-3H3. The minimum Gasteiger partial charge on any atom is -0.326 e. The minimum absolute atomic E-state index is 0.0277. The normalized spacial score (nSPS) is 15.9. The van der Waals surface area contributed by atoms with Crippen LogP contribution in [-0.4, -0.2) is 6.04 Å². The maximum atomic E-state index is 6.09. The predicted octanol–water partition coefficient (Wildman–Crippen LogP) is 2.80. The Morgan fingerprint density at radius 3 is 2.29 bits per heavy atom. The summed E-state index contributed by atoms with van der Waals surface area (Å²) in [6, 6.07) is 2.09. The molecule has 0 spiro atoms. The molecule has 0 saturated heterocycles. The van der Waals surface area contributed by atoms with Crippen LogP contribution in [0, 0.1) is 12.8 Å². The Kier molecular flexibility index (Phi) is 4.13. The van der Waals surface area contributed by atoms with Crippen molar-refractivity contribution in [2.45, 2.75) is 32.9 Å². The van der Waals surface area contributed by atoms with Crippen molar-refractivity contribution >= 4 is 27.3 Å². The molecule has 0 aliphatic carbocycles. The molecule has 1 aromatic heterocycles. The molecule has 2 nitrogen and oxygen atoms in total. The van der Waals surface area contributed by atoms with Crippen LogP contribution in [0.25, 0.3) is 0 Å². The Labute approximate surface area is 97.8 Å². The minimum atomic E-state index is -0.0509. The van der Waals surface area contributed by atoms with Gasteiger partial charge >= 0.3 is 0 Å². The van der Waals surface area contributed by atoms with E-state index in [0.717, 1.165) is 8.66 Å². The van der Waals surface area contributed by atoms with Gasteiger partial charge in [-0.1, -0.05) is 13.8 Å². The molecule has 4 heteroatoms. The van der Waals surface area contributed by atoms with Crippen LogP contribution in [0.15, 0.2) is 9.85 Å². The lowest BCUT2D eigenvalue weighted by atomic mass is 9.97. The number of halogens is 1. The van der Waals surface area contributed by atoms with E-state index in [1.165, 1.54) is 5.56 Å². The van der Waals surface area contributed by atoms with Crippen LogP contribution in [0.1, 0.15) is 30.3 Å². The van der Waals surface area contributed by atoms with Crippen LogP contribution < -0.4 is 11.5 Å². The van der Waals surface area contributed by atoms with Gasteiger partial charge in [-0.3, -0.25) is 0 Å². The first-order valence-corrected chi connectivity index (χ1v) is 6.31. The molecule has 1 rings (SSSR count). The largest absolute Gasteiger partial charge is 0.326 e. The quantitative estimate of drug-likeness (QED) is 0.892. The monoisotopic (exact) mass is 276 g/mol. The molecule has 1 heterocycles. The van der Waals surface area contributed by atoms with Gasteiger partial charge in [-0.2, -0.15) is 0 Å². The summed E-state index contributed by atoms with van der Waals surface area (Å²) in [4.78, 5) is 1.16. The van der Waals surface area contributed by atoms with Gasteiger partial charge in [0.2, 0.25) is 0 Å². The van der Waals surface area contributed by atoms with Gasteiger partial charge in [0.25, 0.3) is 0 Å². The number of nitrogens with two attached hydrogens (primary N) is 2. The molecular formula is C10H17BrN2S. The fourth-order valence-corrected chi connectivity index (χ4v) is 2.88. The van der Waals surface area contributed by atoms with Gasteiger partial charge in [0.05, 0.1) is 9.83 Å². The lowest BCUT2D eigenvalue weighted by Gasteiger charge is -2.21. The van der Waals surface area contributed by atoms with E-state index in [9.17, 15) is 0 Å². The molecule has 4 N–H and O–H groups in total. The molecule has 80 valence electrons. The smallest absolute Gasteiger partial charge is 0.0731 e. The van der Waals surface area contributed by atoms with Crippen LogP contribution in [0.5, 0.6) is 0 Å². The summed E-state index contributed by atoms with van der Waals surface area (Å²) >= 11 is 5.17. The Hall–Kier alpha value is 0.100. The van der Waals surface area contributed by atoms with Crippen LogP contribution in [-0.2, 0) is 0 Å². The maximum absolute atomic E-state index is 6.09. The molecule has 0 saturated carbocycles. The zero-order chi connectivity index (χ0) is 10.9. The molecule has 0 radical (unpaired) electrons. The second-order valence-electron chi connectivity index (χ2n) is 3.95. The molecule has 2 unspecified atom stereocenters. The molecule has 0 aliphatic rings. The van der Waals surface area contributed by atoms with Crippen molar-refractivity contribution in [3.63, 3.8) is 0 Å². The van der Waals surface area contributed by atoms with Crippen molar-refractivity contribution in [1.82, 2.24) is 0 Å². The average molecular weight is 277 g/mol. The van der Waals surface area contributed by atoms with Gasteiger partial charge < -0.3 is 11.5 Å². The van der Waals surface area contributed by atoms with Gasteiger partial charge in [-0.25, -0.2) is 0 Å². The summed E-state index contributed by atoms with van der Waals surface area (Å²) in [5.74, 6) is 0.409. The first-order valence-electron chi connectivity index (χ1n) is 4.70. The maximum Gasteiger partial charge on any atom is 0.0731 e. The highest BCUT2D eigenvalue weighted by atomic mass is 79.9. The van der Waals surface area contributed by atoms with E-state index in [1.807, 2.05) is 0 Å². The van der Waals surface area contributed by atoms with E-state index >= 15 is 0 Å². The molecule has 14 heavy (non-hydrogen) atoms. The van der Waals surface area contributed by atoms with E-state index in [2.05, 4.69) is 42.8 Å². The van der Waals surface area contributed by atoms with Crippen molar-refractivity contribution in [1.29, 1.82) is 0 Å². The van der Waals surface area contributed by atoms with Crippen LogP contribution in [0.3, 0.4) is 0 Å². The highest BCUT2D eigenvalue weighted by Gasteiger charge is 2.20. The molecule has 0 aliphatic heterocycles. The van der Waals surface area contributed by atoms with E-state index in [1.54, 1.807) is 11.3 Å². The summed E-state index contributed by atoms with van der Waals surface area (Å²) < 4.78 is 1.15. The van der Waals surface area contributed by atoms with Crippen molar-refractivity contribution in [3.8, 4) is 0 Å². The summed E-state index contributed by atoms with van der Waals surface area (Å²) in [5, 5.41) is 0. The first kappa shape index (κ1) is 12.2. The lowest BCUT2D eigenvalue weighted by Crippen LogP contribution is -2.37. The topological polar surface area (TPSA) is 52.0 Å². The van der Waals surface area contributed by atoms with Crippen LogP contribution in [0.4, 0.5) is 0 Å². The van der Waals surface area contributed by atoms with Crippen molar-refractivity contribution in [2.75, 3.05) is 0 Å². The third kappa shape index (κ3) is 2.57. The third-order valence-corrected chi connectivity index (χ3v) is 4.63. The van der Waals surface area contributed by atoms with E-state index in [0.29, 0.717) is 5.92 Å². The zero-order valence-electron chi connectivity index (χ0n) is 8.75. The van der Waals surface area contributed by atoms with E-state index in [4.69, 9.17) is 11.5 Å². The van der Waals surface area contributed by atoms with Crippen molar-refractivity contribution in [2.24, 2.45) is 17.4 Å². The van der Waals surface area contributed by atoms with Crippen LogP contribution >= 0.6 is 27.3 Å². The highest BCUT2D eigenvalue weighted by Crippen LogP contribution is 2.32. The molecule has 0 aromatic carbocycles. The molecule has 0 amide bonds. The fourth-order valence-electron chi connectivity index (χ4n) is 1.25. The Morgan fingerprint density at radius 1 is 1.36 bits per heavy atom.